The van der Waals surface area contributed by atoms with Crippen LogP contribution in [0.5, 0.6) is 0 Å². The van der Waals surface area contributed by atoms with Crippen molar-refractivity contribution in [1.29, 1.82) is 0 Å². The number of hydrogen-bond acceptors (Lipinski definition) is 4. The van der Waals surface area contributed by atoms with E-state index in [-0.39, 0.29) is 17.0 Å². The second-order valence-electron chi connectivity index (χ2n) is 4.87. The van der Waals surface area contributed by atoms with Crippen LogP contribution in [0.3, 0.4) is 0 Å². The summed E-state index contributed by atoms with van der Waals surface area (Å²) in [6.07, 6.45) is 2.50. The number of rotatable bonds is 5. The molecule has 0 aliphatic carbocycles. The SMILES string of the molecule is COCC1=CCN(S(=O)(=O)c2ccc(F)c(CN)c2)CC1. The molecule has 7 heteroatoms. The second kappa shape index (κ2) is 6.65. The van der Waals surface area contributed by atoms with E-state index < -0.39 is 15.8 Å². The van der Waals surface area contributed by atoms with E-state index in [4.69, 9.17) is 10.5 Å². The second-order valence-corrected chi connectivity index (χ2v) is 6.80. The Morgan fingerprint density at radius 1 is 1.43 bits per heavy atom. The van der Waals surface area contributed by atoms with E-state index in [1.165, 1.54) is 16.4 Å². The number of nitrogens with zero attached hydrogens (tertiary/aromatic N) is 1. The maximum absolute atomic E-state index is 13.4. The number of sulfonamides is 1. The number of halogens is 1. The highest BCUT2D eigenvalue weighted by Crippen LogP contribution is 2.22. The number of methoxy groups -OCH3 is 1. The molecule has 2 rings (SSSR count). The minimum absolute atomic E-state index is 0.0346. The Bertz CT molecular complexity index is 644. The van der Waals surface area contributed by atoms with Gasteiger partial charge < -0.3 is 10.5 Å². The first kappa shape index (κ1) is 16.1. The first-order chi connectivity index (χ1) is 9.98. The minimum atomic E-state index is -3.62. The van der Waals surface area contributed by atoms with Gasteiger partial charge in [-0.25, -0.2) is 12.8 Å². The standard InChI is InChI=1S/C14H19FN2O3S/c1-20-10-11-4-6-17(7-5-11)21(18,19)13-2-3-14(15)12(8-13)9-16/h2-4,8H,5-7,9-10,16H2,1H3. The molecule has 116 valence electrons. The van der Waals surface area contributed by atoms with Gasteiger partial charge in [0.05, 0.1) is 11.5 Å². The molecule has 0 aromatic heterocycles. The van der Waals surface area contributed by atoms with Crippen LogP contribution in [0.25, 0.3) is 0 Å². The summed E-state index contributed by atoms with van der Waals surface area (Å²) in [5.41, 5.74) is 6.71. The summed E-state index contributed by atoms with van der Waals surface area (Å²) in [6, 6.07) is 3.72. The highest BCUT2D eigenvalue weighted by molar-refractivity contribution is 7.89. The van der Waals surface area contributed by atoms with E-state index >= 15 is 0 Å². The van der Waals surface area contributed by atoms with Crippen molar-refractivity contribution >= 4 is 10.0 Å². The molecule has 0 fully saturated rings. The zero-order chi connectivity index (χ0) is 15.5. The molecule has 0 saturated heterocycles. The van der Waals surface area contributed by atoms with Crippen LogP contribution in [0, 0.1) is 5.82 Å². The van der Waals surface area contributed by atoms with Gasteiger partial charge in [0, 0.05) is 32.3 Å². The van der Waals surface area contributed by atoms with Crippen LogP contribution in [0.1, 0.15) is 12.0 Å². The number of ether oxygens (including phenoxy) is 1. The lowest BCUT2D eigenvalue weighted by Gasteiger charge is -2.25. The normalized spacial score (nSPS) is 16.8. The van der Waals surface area contributed by atoms with Crippen LogP contribution in [0.2, 0.25) is 0 Å². The number of hydrogen-bond donors (Lipinski definition) is 1. The van der Waals surface area contributed by atoms with Gasteiger partial charge in [-0.1, -0.05) is 6.08 Å². The van der Waals surface area contributed by atoms with Crippen LogP contribution < -0.4 is 5.73 Å². The smallest absolute Gasteiger partial charge is 0.243 e. The van der Waals surface area contributed by atoms with Crippen molar-refractivity contribution in [2.24, 2.45) is 5.73 Å². The summed E-state index contributed by atoms with van der Waals surface area (Å²) < 4.78 is 44.9. The first-order valence-electron chi connectivity index (χ1n) is 6.64. The molecule has 1 aromatic rings. The average molecular weight is 314 g/mol. The molecule has 21 heavy (non-hydrogen) atoms. The molecular formula is C14H19FN2O3S. The van der Waals surface area contributed by atoms with Crippen molar-refractivity contribution in [3.63, 3.8) is 0 Å². The zero-order valence-corrected chi connectivity index (χ0v) is 12.7. The van der Waals surface area contributed by atoms with Crippen LogP contribution in [0.15, 0.2) is 34.7 Å². The molecule has 1 aromatic carbocycles. The van der Waals surface area contributed by atoms with Crippen LogP contribution >= 0.6 is 0 Å². The van der Waals surface area contributed by atoms with E-state index in [0.717, 1.165) is 11.6 Å². The Hall–Kier alpha value is -1.28. The molecule has 0 atom stereocenters. The van der Waals surface area contributed by atoms with Gasteiger partial charge in [-0.05, 0) is 30.2 Å². The Balaban J connectivity index is 2.23. The van der Waals surface area contributed by atoms with Crippen LogP contribution in [0.4, 0.5) is 4.39 Å². The van der Waals surface area contributed by atoms with Crippen molar-refractivity contribution < 1.29 is 17.5 Å². The quantitative estimate of drug-likeness (QED) is 0.830. The van der Waals surface area contributed by atoms with Gasteiger partial charge in [-0.15, -0.1) is 0 Å². The summed E-state index contributed by atoms with van der Waals surface area (Å²) in [7, 11) is -2.02. The average Bonchev–Trinajstić information content (AvgIpc) is 2.48. The third-order valence-corrected chi connectivity index (χ3v) is 5.33. The van der Waals surface area contributed by atoms with Crippen molar-refractivity contribution in [3.05, 3.63) is 41.2 Å². The van der Waals surface area contributed by atoms with Crippen molar-refractivity contribution in [1.82, 2.24) is 4.31 Å². The van der Waals surface area contributed by atoms with E-state index in [0.29, 0.717) is 26.1 Å². The summed E-state index contributed by atoms with van der Waals surface area (Å²) in [4.78, 5) is 0.0768. The van der Waals surface area contributed by atoms with Crippen LogP contribution in [-0.4, -0.2) is 39.5 Å². The molecule has 0 amide bonds. The van der Waals surface area contributed by atoms with Gasteiger partial charge in [0.1, 0.15) is 5.82 Å². The van der Waals surface area contributed by atoms with Gasteiger partial charge in [-0.2, -0.15) is 4.31 Å². The first-order valence-corrected chi connectivity index (χ1v) is 8.08. The summed E-state index contributed by atoms with van der Waals surface area (Å²) in [5.74, 6) is -0.489. The largest absolute Gasteiger partial charge is 0.380 e. The molecule has 1 aliphatic rings. The fourth-order valence-corrected chi connectivity index (χ4v) is 3.68. The molecule has 0 spiro atoms. The lowest BCUT2D eigenvalue weighted by Crippen LogP contribution is -2.35. The third kappa shape index (κ3) is 3.49. The van der Waals surface area contributed by atoms with Gasteiger partial charge in [0.2, 0.25) is 10.0 Å². The molecule has 0 bridgehead atoms. The summed E-state index contributed by atoms with van der Waals surface area (Å²) in [6.45, 7) is 1.18. The monoisotopic (exact) mass is 314 g/mol. The van der Waals surface area contributed by atoms with Gasteiger partial charge in [-0.3, -0.25) is 0 Å². The molecule has 0 saturated carbocycles. The lowest BCUT2D eigenvalue weighted by molar-refractivity contribution is 0.219. The topological polar surface area (TPSA) is 72.6 Å². The number of benzene rings is 1. The Labute approximate surface area is 124 Å². The highest BCUT2D eigenvalue weighted by atomic mass is 32.2. The Kier molecular flexibility index (Phi) is 5.10. The summed E-state index contributed by atoms with van der Waals surface area (Å²) >= 11 is 0. The molecular weight excluding hydrogens is 295 g/mol. The van der Waals surface area contributed by atoms with Crippen LogP contribution in [-0.2, 0) is 21.3 Å². The third-order valence-electron chi connectivity index (χ3n) is 3.47. The van der Waals surface area contributed by atoms with Crippen molar-refractivity contribution in [2.45, 2.75) is 17.9 Å². The van der Waals surface area contributed by atoms with E-state index in [2.05, 4.69) is 0 Å². The Morgan fingerprint density at radius 2 is 2.19 bits per heavy atom. The highest BCUT2D eigenvalue weighted by Gasteiger charge is 2.26. The molecule has 0 radical (unpaired) electrons. The van der Waals surface area contributed by atoms with Gasteiger partial charge in [0.15, 0.2) is 0 Å². The van der Waals surface area contributed by atoms with E-state index in [1.807, 2.05) is 6.08 Å². The fourth-order valence-electron chi connectivity index (χ4n) is 2.24. The molecule has 1 aliphatic heterocycles. The minimum Gasteiger partial charge on any atom is -0.380 e. The predicted octanol–water partition coefficient (Wildman–Crippen LogP) is 1.25. The molecule has 1 heterocycles. The van der Waals surface area contributed by atoms with Gasteiger partial charge in [0.25, 0.3) is 0 Å². The molecule has 5 nitrogen and oxygen atoms in total. The maximum Gasteiger partial charge on any atom is 0.243 e. The van der Waals surface area contributed by atoms with Gasteiger partial charge >= 0.3 is 0 Å². The molecule has 0 unspecified atom stereocenters. The zero-order valence-electron chi connectivity index (χ0n) is 11.9. The predicted molar refractivity (Wildman–Crippen MR) is 77.6 cm³/mol. The molecule has 2 N–H and O–H groups in total. The van der Waals surface area contributed by atoms with E-state index in [1.54, 1.807) is 7.11 Å². The maximum atomic E-state index is 13.4. The lowest BCUT2D eigenvalue weighted by atomic mass is 10.1. The van der Waals surface area contributed by atoms with Crippen molar-refractivity contribution in [2.75, 3.05) is 26.8 Å². The fraction of sp³-hybridized carbons (Fsp3) is 0.429. The number of nitrogens with two attached hydrogens (primary N) is 1. The Morgan fingerprint density at radius 3 is 2.76 bits per heavy atom. The summed E-state index contributed by atoms with van der Waals surface area (Å²) in [5, 5.41) is 0. The van der Waals surface area contributed by atoms with Crippen molar-refractivity contribution in [3.8, 4) is 0 Å². The van der Waals surface area contributed by atoms with E-state index in [9.17, 15) is 12.8 Å².